The normalized spacial score (nSPS) is 23.0. The molecule has 0 amide bonds. The Morgan fingerprint density at radius 3 is 2.54 bits per heavy atom. The number of hydrogen-bond acceptors (Lipinski definition) is 3. The smallest absolute Gasteiger partial charge is 0.0805 e. The number of hydrazone groups is 1. The van der Waals surface area contributed by atoms with Crippen LogP contribution in [0, 0.1) is 5.92 Å². The molecule has 0 saturated heterocycles. The molecule has 2 aromatic carbocycles. The highest BCUT2D eigenvalue weighted by Crippen LogP contribution is 2.44. The van der Waals surface area contributed by atoms with E-state index in [9.17, 15) is 0 Å². The predicted molar refractivity (Wildman–Crippen MR) is 118 cm³/mol. The zero-order valence-corrected chi connectivity index (χ0v) is 16.8. The van der Waals surface area contributed by atoms with E-state index in [4.69, 9.17) is 5.10 Å². The molecular formula is C25H31N3. The molecule has 2 unspecified atom stereocenters. The van der Waals surface area contributed by atoms with Crippen LogP contribution in [0.2, 0.25) is 0 Å². The van der Waals surface area contributed by atoms with E-state index < -0.39 is 0 Å². The van der Waals surface area contributed by atoms with Gasteiger partial charge >= 0.3 is 0 Å². The summed E-state index contributed by atoms with van der Waals surface area (Å²) < 4.78 is 0. The SMILES string of the molecule is CCCNCCN1N=C2/C(=C\c3ccccc3)CCCC2C1c1ccccc1. The van der Waals surface area contributed by atoms with Crippen molar-refractivity contribution in [1.29, 1.82) is 0 Å². The molecule has 1 aliphatic carbocycles. The second kappa shape index (κ2) is 9.20. The molecule has 0 spiro atoms. The Kier molecular flexibility index (Phi) is 6.23. The zero-order valence-electron chi connectivity index (χ0n) is 16.8. The van der Waals surface area contributed by atoms with E-state index in [1.54, 1.807) is 0 Å². The monoisotopic (exact) mass is 373 g/mol. The number of nitrogens with one attached hydrogen (secondary N) is 1. The molecule has 0 radical (unpaired) electrons. The van der Waals surface area contributed by atoms with Crippen LogP contribution >= 0.6 is 0 Å². The molecule has 2 aromatic rings. The van der Waals surface area contributed by atoms with Crippen molar-refractivity contribution < 1.29 is 0 Å². The fourth-order valence-corrected chi connectivity index (χ4v) is 4.51. The number of fused-ring (bicyclic) bond motifs is 1. The van der Waals surface area contributed by atoms with E-state index in [1.165, 1.54) is 41.7 Å². The third-order valence-corrected chi connectivity index (χ3v) is 5.81. The van der Waals surface area contributed by atoms with Crippen LogP contribution in [0.5, 0.6) is 0 Å². The lowest BCUT2D eigenvalue weighted by atomic mass is 9.77. The van der Waals surface area contributed by atoms with Crippen molar-refractivity contribution in [1.82, 2.24) is 10.3 Å². The van der Waals surface area contributed by atoms with Gasteiger partial charge in [-0.15, -0.1) is 0 Å². The minimum atomic E-state index is 0.360. The molecule has 2 atom stereocenters. The topological polar surface area (TPSA) is 27.6 Å². The van der Waals surface area contributed by atoms with Gasteiger partial charge in [-0.25, -0.2) is 0 Å². The van der Waals surface area contributed by atoms with Crippen LogP contribution in [0.25, 0.3) is 6.08 Å². The van der Waals surface area contributed by atoms with Gasteiger partial charge in [0.05, 0.1) is 11.8 Å². The number of hydrogen-bond donors (Lipinski definition) is 1. The van der Waals surface area contributed by atoms with E-state index in [-0.39, 0.29) is 0 Å². The van der Waals surface area contributed by atoms with Gasteiger partial charge in [-0.3, -0.25) is 5.01 Å². The average Bonchev–Trinajstić information content (AvgIpc) is 3.12. The van der Waals surface area contributed by atoms with Crippen LogP contribution in [-0.2, 0) is 0 Å². The maximum Gasteiger partial charge on any atom is 0.0805 e. The third kappa shape index (κ3) is 4.20. The van der Waals surface area contributed by atoms with Crippen molar-refractivity contribution in [2.45, 2.75) is 38.6 Å². The first-order chi connectivity index (χ1) is 13.9. The molecule has 3 nitrogen and oxygen atoms in total. The van der Waals surface area contributed by atoms with Crippen molar-refractivity contribution in [2.75, 3.05) is 19.6 Å². The van der Waals surface area contributed by atoms with Crippen molar-refractivity contribution in [3.63, 3.8) is 0 Å². The molecule has 0 bridgehead atoms. The lowest BCUT2D eigenvalue weighted by Gasteiger charge is -2.30. The quantitative estimate of drug-likeness (QED) is 0.669. The summed E-state index contributed by atoms with van der Waals surface area (Å²) in [4.78, 5) is 0. The summed E-state index contributed by atoms with van der Waals surface area (Å²) in [7, 11) is 0. The molecule has 1 aliphatic heterocycles. The summed E-state index contributed by atoms with van der Waals surface area (Å²) >= 11 is 0. The van der Waals surface area contributed by atoms with Crippen LogP contribution in [0.15, 0.2) is 71.3 Å². The average molecular weight is 374 g/mol. The van der Waals surface area contributed by atoms with Gasteiger partial charge in [-0.1, -0.05) is 67.6 Å². The van der Waals surface area contributed by atoms with E-state index in [2.05, 4.69) is 84.0 Å². The molecule has 1 N–H and O–H groups in total. The van der Waals surface area contributed by atoms with Gasteiger partial charge in [-0.2, -0.15) is 5.10 Å². The van der Waals surface area contributed by atoms with E-state index >= 15 is 0 Å². The van der Waals surface area contributed by atoms with Crippen molar-refractivity contribution in [3.8, 4) is 0 Å². The maximum absolute atomic E-state index is 5.18. The summed E-state index contributed by atoms with van der Waals surface area (Å²) in [5, 5.41) is 11.1. The highest BCUT2D eigenvalue weighted by Gasteiger charge is 2.40. The molecular weight excluding hydrogens is 342 g/mol. The maximum atomic E-state index is 5.18. The van der Waals surface area contributed by atoms with E-state index in [0.717, 1.165) is 26.1 Å². The Morgan fingerprint density at radius 1 is 1.04 bits per heavy atom. The van der Waals surface area contributed by atoms with Gasteiger partial charge in [0.25, 0.3) is 0 Å². The second-order valence-electron chi connectivity index (χ2n) is 7.83. The van der Waals surface area contributed by atoms with Crippen molar-refractivity contribution in [2.24, 2.45) is 11.0 Å². The first kappa shape index (κ1) is 18.9. The van der Waals surface area contributed by atoms with Gasteiger partial charge in [0.1, 0.15) is 0 Å². The van der Waals surface area contributed by atoms with E-state index in [1.807, 2.05) is 0 Å². The van der Waals surface area contributed by atoms with Crippen LogP contribution < -0.4 is 5.32 Å². The molecule has 1 saturated carbocycles. The number of nitrogens with zero attached hydrogens (tertiary/aromatic N) is 2. The first-order valence-corrected chi connectivity index (χ1v) is 10.7. The van der Waals surface area contributed by atoms with Crippen molar-refractivity contribution >= 4 is 11.8 Å². The van der Waals surface area contributed by atoms with Gasteiger partial charge < -0.3 is 5.32 Å². The summed E-state index contributed by atoms with van der Waals surface area (Å²) in [5.41, 5.74) is 5.41. The molecule has 146 valence electrons. The molecule has 4 rings (SSSR count). The van der Waals surface area contributed by atoms with Crippen LogP contribution in [0.3, 0.4) is 0 Å². The Bertz CT molecular complexity index is 810. The summed E-state index contributed by atoms with van der Waals surface area (Å²) in [6.45, 7) is 5.23. The number of benzene rings is 2. The number of rotatable bonds is 7. The van der Waals surface area contributed by atoms with Gasteiger partial charge in [-0.05, 0) is 55.0 Å². The lowest BCUT2D eigenvalue weighted by Crippen LogP contribution is -2.32. The highest BCUT2D eigenvalue weighted by atomic mass is 15.5. The molecule has 1 fully saturated rings. The van der Waals surface area contributed by atoms with Crippen LogP contribution in [-0.4, -0.2) is 30.4 Å². The minimum Gasteiger partial charge on any atom is -0.315 e. The first-order valence-electron chi connectivity index (χ1n) is 10.7. The molecule has 3 heteroatoms. The Balaban J connectivity index is 1.62. The van der Waals surface area contributed by atoms with Crippen molar-refractivity contribution in [3.05, 3.63) is 77.4 Å². The lowest BCUT2D eigenvalue weighted by molar-refractivity contribution is 0.197. The van der Waals surface area contributed by atoms with Gasteiger partial charge in [0.2, 0.25) is 0 Å². The molecule has 28 heavy (non-hydrogen) atoms. The van der Waals surface area contributed by atoms with E-state index in [0.29, 0.717) is 12.0 Å². The third-order valence-electron chi connectivity index (χ3n) is 5.81. The number of allylic oxidation sites excluding steroid dienone is 1. The summed E-state index contributed by atoms with van der Waals surface area (Å²) in [6.07, 6.45) is 7.12. The summed E-state index contributed by atoms with van der Waals surface area (Å²) in [5.74, 6) is 0.497. The molecule has 1 heterocycles. The summed E-state index contributed by atoms with van der Waals surface area (Å²) in [6, 6.07) is 22.0. The van der Waals surface area contributed by atoms with Gasteiger partial charge in [0, 0.05) is 19.0 Å². The largest absolute Gasteiger partial charge is 0.315 e. The Morgan fingerprint density at radius 2 is 1.79 bits per heavy atom. The highest BCUT2D eigenvalue weighted by molar-refractivity contribution is 6.07. The van der Waals surface area contributed by atoms with Crippen LogP contribution in [0.1, 0.15) is 49.8 Å². The van der Waals surface area contributed by atoms with Gasteiger partial charge in [0.15, 0.2) is 0 Å². The molecule has 0 aromatic heterocycles. The molecule has 2 aliphatic rings. The Hall–Kier alpha value is -2.39. The predicted octanol–water partition coefficient (Wildman–Crippen LogP) is 5.28. The second-order valence-corrected chi connectivity index (χ2v) is 7.83. The minimum absolute atomic E-state index is 0.360. The standard InChI is InChI=1S/C25H31N3/c1-2-16-26-17-18-28-25(21-12-7-4-8-13-21)23-15-9-14-22(24(23)27-28)19-20-10-5-3-6-11-20/h3-8,10-13,19,23,25-26H,2,9,14-18H2,1H3/b22-19-. The zero-order chi connectivity index (χ0) is 19.2. The Labute approximate surface area is 169 Å². The van der Waals surface area contributed by atoms with Crippen LogP contribution in [0.4, 0.5) is 0 Å². The fourth-order valence-electron chi connectivity index (χ4n) is 4.51. The fraction of sp³-hybridized carbons (Fsp3) is 0.400.